The van der Waals surface area contributed by atoms with Gasteiger partial charge in [0.1, 0.15) is 17.1 Å². The molecule has 0 heterocycles. The van der Waals surface area contributed by atoms with Crippen molar-refractivity contribution in [2.75, 3.05) is 27.8 Å². The fourth-order valence-corrected chi connectivity index (χ4v) is 1.73. The van der Waals surface area contributed by atoms with Gasteiger partial charge in [0.15, 0.2) is 0 Å². The highest BCUT2D eigenvalue weighted by Crippen LogP contribution is 2.29. The Morgan fingerprint density at radius 1 is 1.33 bits per heavy atom. The zero-order valence-electron chi connectivity index (χ0n) is 11.1. The fourth-order valence-electron chi connectivity index (χ4n) is 1.73. The lowest BCUT2D eigenvalue weighted by Crippen LogP contribution is -2.33. The third-order valence-corrected chi connectivity index (χ3v) is 2.53. The average Bonchev–Trinajstić information content (AvgIpc) is 2.35. The first-order valence-corrected chi connectivity index (χ1v) is 5.65. The highest BCUT2D eigenvalue weighted by molar-refractivity contribution is 5.99. The topological polar surface area (TPSA) is 59.0 Å². The third kappa shape index (κ3) is 3.13. The molecule has 0 bridgehead atoms. The molecule has 0 saturated heterocycles. The van der Waals surface area contributed by atoms with Crippen LogP contribution in [0.25, 0.3) is 0 Å². The molecule has 1 rings (SSSR count). The summed E-state index contributed by atoms with van der Waals surface area (Å²) in [7, 11) is 4.63. The van der Waals surface area contributed by atoms with Gasteiger partial charge >= 0.3 is 0 Å². The van der Waals surface area contributed by atoms with Crippen LogP contribution in [0.3, 0.4) is 0 Å². The number of rotatable bonds is 5. The average molecular weight is 253 g/mol. The number of aliphatic hydroxyl groups is 1. The summed E-state index contributed by atoms with van der Waals surface area (Å²) in [5, 5.41) is 9.32. The van der Waals surface area contributed by atoms with Crippen LogP contribution in [-0.2, 0) is 0 Å². The molecule has 0 aliphatic heterocycles. The van der Waals surface area contributed by atoms with Crippen LogP contribution in [0.1, 0.15) is 17.3 Å². The minimum Gasteiger partial charge on any atom is -0.496 e. The molecule has 5 heteroatoms. The van der Waals surface area contributed by atoms with Gasteiger partial charge in [-0.2, -0.15) is 0 Å². The van der Waals surface area contributed by atoms with Crippen molar-refractivity contribution in [3.8, 4) is 11.5 Å². The summed E-state index contributed by atoms with van der Waals surface area (Å²) in [6, 6.07) is 5.15. The zero-order valence-corrected chi connectivity index (χ0v) is 11.1. The van der Waals surface area contributed by atoms with Crippen LogP contribution in [0.15, 0.2) is 18.2 Å². The van der Waals surface area contributed by atoms with Crippen molar-refractivity contribution in [3.05, 3.63) is 23.8 Å². The highest BCUT2D eigenvalue weighted by atomic mass is 16.5. The third-order valence-electron chi connectivity index (χ3n) is 2.53. The molecule has 1 atom stereocenters. The van der Waals surface area contributed by atoms with Gasteiger partial charge in [0.2, 0.25) is 0 Å². The number of nitrogens with zero attached hydrogens (tertiary/aromatic N) is 1. The number of carbonyl (C=O) groups excluding carboxylic acids is 1. The second kappa shape index (κ2) is 6.26. The number of carbonyl (C=O) groups is 1. The summed E-state index contributed by atoms with van der Waals surface area (Å²) in [6.45, 7) is 1.88. The van der Waals surface area contributed by atoms with Crippen molar-refractivity contribution >= 4 is 5.91 Å². The molecule has 0 saturated carbocycles. The molecule has 5 nitrogen and oxygen atoms in total. The maximum Gasteiger partial charge on any atom is 0.261 e. The smallest absolute Gasteiger partial charge is 0.261 e. The van der Waals surface area contributed by atoms with Gasteiger partial charge in [-0.3, -0.25) is 4.79 Å². The first kappa shape index (κ1) is 14.3. The van der Waals surface area contributed by atoms with Crippen molar-refractivity contribution in [1.29, 1.82) is 0 Å². The Labute approximate surface area is 107 Å². The van der Waals surface area contributed by atoms with Gasteiger partial charge in [0, 0.05) is 13.6 Å². The molecule has 0 aliphatic carbocycles. The van der Waals surface area contributed by atoms with E-state index >= 15 is 0 Å². The Hall–Kier alpha value is -1.75. The van der Waals surface area contributed by atoms with E-state index in [-0.39, 0.29) is 12.5 Å². The van der Waals surface area contributed by atoms with Crippen LogP contribution in [0.5, 0.6) is 11.5 Å². The predicted octanol–water partition coefficient (Wildman–Crippen LogP) is 1.16. The fraction of sp³-hybridized carbons (Fsp3) is 0.462. The van der Waals surface area contributed by atoms with Gasteiger partial charge in [0.05, 0.1) is 20.3 Å². The molecule has 1 aromatic rings. The standard InChI is InChI=1S/C13H19NO4/c1-9(15)8-14(2)13(16)12-10(17-3)6-5-7-11(12)18-4/h5-7,9,15H,8H2,1-4H3. The Morgan fingerprint density at radius 3 is 2.22 bits per heavy atom. The summed E-state index contributed by atoms with van der Waals surface area (Å²) in [6.07, 6.45) is -0.584. The maximum absolute atomic E-state index is 12.3. The molecule has 1 N–H and O–H groups in total. The summed E-state index contributed by atoms with van der Waals surface area (Å²) in [4.78, 5) is 13.7. The van der Waals surface area contributed by atoms with Crippen LogP contribution in [0, 0.1) is 0 Å². The maximum atomic E-state index is 12.3. The molecule has 18 heavy (non-hydrogen) atoms. The van der Waals surface area contributed by atoms with Gasteiger partial charge in [-0.1, -0.05) is 6.07 Å². The number of amides is 1. The zero-order chi connectivity index (χ0) is 13.7. The number of benzene rings is 1. The minimum atomic E-state index is -0.584. The Morgan fingerprint density at radius 2 is 1.83 bits per heavy atom. The first-order chi connectivity index (χ1) is 8.51. The van der Waals surface area contributed by atoms with Gasteiger partial charge in [0.25, 0.3) is 5.91 Å². The number of methoxy groups -OCH3 is 2. The number of aliphatic hydroxyl groups excluding tert-OH is 1. The van der Waals surface area contributed by atoms with E-state index in [4.69, 9.17) is 9.47 Å². The molecule has 0 aliphatic rings. The Kier molecular flexibility index (Phi) is 4.97. The van der Waals surface area contributed by atoms with E-state index < -0.39 is 6.10 Å². The van der Waals surface area contributed by atoms with E-state index in [1.54, 1.807) is 32.2 Å². The lowest BCUT2D eigenvalue weighted by atomic mass is 10.1. The number of likely N-dealkylation sites (N-methyl/N-ethyl adjacent to an activating group) is 1. The molecule has 100 valence electrons. The molecule has 0 aromatic heterocycles. The molecule has 1 unspecified atom stereocenters. The number of hydrogen-bond acceptors (Lipinski definition) is 4. The Balaban J connectivity index is 3.10. The summed E-state index contributed by atoms with van der Waals surface area (Å²) >= 11 is 0. The van der Waals surface area contributed by atoms with Gasteiger partial charge in [-0.05, 0) is 19.1 Å². The molecule has 0 radical (unpaired) electrons. The molecule has 0 spiro atoms. The van der Waals surface area contributed by atoms with E-state index in [9.17, 15) is 9.90 Å². The van der Waals surface area contributed by atoms with Crippen LogP contribution in [-0.4, -0.2) is 49.8 Å². The van der Waals surface area contributed by atoms with Crippen LogP contribution in [0.4, 0.5) is 0 Å². The van der Waals surface area contributed by atoms with Crippen molar-refractivity contribution < 1.29 is 19.4 Å². The van der Waals surface area contributed by atoms with Crippen molar-refractivity contribution in [2.24, 2.45) is 0 Å². The molecule has 1 amide bonds. The van der Waals surface area contributed by atoms with Crippen LogP contribution >= 0.6 is 0 Å². The lowest BCUT2D eigenvalue weighted by Gasteiger charge is -2.21. The van der Waals surface area contributed by atoms with Gasteiger partial charge < -0.3 is 19.5 Å². The first-order valence-electron chi connectivity index (χ1n) is 5.65. The van der Waals surface area contributed by atoms with E-state index in [0.717, 1.165) is 0 Å². The second-order valence-electron chi connectivity index (χ2n) is 4.07. The minimum absolute atomic E-state index is 0.245. The van der Waals surface area contributed by atoms with E-state index in [1.807, 2.05) is 0 Å². The van der Waals surface area contributed by atoms with E-state index in [2.05, 4.69) is 0 Å². The summed E-state index contributed by atoms with van der Waals surface area (Å²) in [5.74, 6) is 0.666. The monoisotopic (exact) mass is 253 g/mol. The van der Waals surface area contributed by atoms with Crippen LogP contribution in [0.2, 0.25) is 0 Å². The highest BCUT2D eigenvalue weighted by Gasteiger charge is 2.22. The van der Waals surface area contributed by atoms with Crippen molar-refractivity contribution in [3.63, 3.8) is 0 Å². The second-order valence-corrected chi connectivity index (χ2v) is 4.07. The van der Waals surface area contributed by atoms with Crippen molar-refractivity contribution in [2.45, 2.75) is 13.0 Å². The number of ether oxygens (including phenoxy) is 2. The van der Waals surface area contributed by atoms with E-state index in [0.29, 0.717) is 17.1 Å². The predicted molar refractivity (Wildman–Crippen MR) is 68.2 cm³/mol. The summed E-state index contributed by atoms with van der Waals surface area (Å²) in [5.41, 5.74) is 0.366. The SMILES string of the molecule is COc1cccc(OC)c1C(=O)N(C)CC(C)O. The normalized spacial score (nSPS) is 11.8. The summed E-state index contributed by atoms with van der Waals surface area (Å²) < 4.78 is 10.3. The quantitative estimate of drug-likeness (QED) is 0.855. The van der Waals surface area contributed by atoms with E-state index in [1.165, 1.54) is 19.1 Å². The molecule has 1 aromatic carbocycles. The molecular weight excluding hydrogens is 234 g/mol. The largest absolute Gasteiger partial charge is 0.496 e. The molecular formula is C13H19NO4. The lowest BCUT2D eigenvalue weighted by molar-refractivity contribution is 0.0697. The Bertz CT molecular complexity index is 395. The molecule has 0 fully saturated rings. The number of hydrogen-bond donors (Lipinski definition) is 1. The van der Waals surface area contributed by atoms with Gasteiger partial charge in [-0.25, -0.2) is 0 Å². The van der Waals surface area contributed by atoms with Crippen molar-refractivity contribution in [1.82, 2.24) is 4.90 Å². The van der Waals surface area contributed by atoms with Crippen LogP contribution < -0.4 is 9.47 Å². The van der Waals surface area contributed by atoms with Gasteiger partial charge in [-0.15, -0.1) is 0 Å².